The number of nitrogens with one attached hydrogen (secondary N) is 1. The molecule has 1 aliphatic carbocycles. The van der Waals surface area contributed by atoms with E-state index in [4.69, 9.17) is 10.7 Å². The van der Waals surface area contributed by atoms with E-state index in [-0.39, 0.29) is 5.69 Å². The summed E-state index contributed by atoms with van der Waals surface area (Å²) in [7, 11) is 0. The zero-order chi connectivity index (χ0) is 20.5. The first-order valence-electron chi connectivity index (χ1n) is 10.3. The Bertz CT molecular complexity index is 1150. The summed E-state index contributed by atoms with van der Waals surface area (Å²) in [5.41, 5.74) is 8.04. The van der Waals surface area contributed by atoms with Gasteiger partial charge in [0.25, 0.3) is 5.56 Å². The van der Waals surface area contributed by atoms with Gasteiger partial charge in [-0.05, 0) is 66.0 Å². The SMILES string of the molecule is CCCn1c(C2CCCC2)nc2c(=O)[nH]c(=O)n(CCc3ccc(N)c(I)c3)c21. The van der Waals surface area contributed by atoms with Crippen LogP contribution in [0.15, 0.2) is 27.8 Å². The van der Waals surface area contributed by atoms with Crippen LogP contribution in [0.5, 0.6) is 0 Å². The van der Waals surface area contributed by atoms with E-state index in [9.17, 15) is 9.59 Å². The molecular weight excluding hydrogens is 481 g/mol. The lowest BCUT2D eigenvalue weighted by Gasteiger charge is -2.15. The molecule has 29 heavy (non-hydrogen) atoms. The van der Waals surface area contributed by atoms with Crippen LogP contribution in [-0.2, 0) is 19.5 Å². The highest BCUT2D eigenvalue weighted by atomic mass is 127. The van der Waals surface area contributed by atoms with Gasteiger partial charge in [0.1, 0.15) is 11.5 Å². The summed E-state index contributed by atoms with van der Waals surface area (Å²) < 4.78 is 4.80. The summed E-state index contributed by atoms with van der Waals surface area (Å²) in [6.07, 6.45) is 6.17. The van der Waals surface area contributed by atoms with Crippen molar-refractivity contribution in [2.45, 2.75) is 64.5 Å². The van der Waals surface area contributed by atoms with Gasteiger partial charge in [0.2, 0.25) is 0 Å². The fourth-order valence-electron chi connectivity index (χ4n) is 4.32. The number of nitrogens with zero attached hydrogens (tertiary/aromatic N) is 3. The minimum absolute atomic E-state index is 0.371. The lowest BCUT2D eigenvalue weighted by Crippen LogP contribution is -2.32. The average molecular weight is 507 g/mol. The molecule has 0 saturated heterocycles. The van der Waals surface area contributed by atoms with Crippen molar-refractivity contribution in [1.82, 2.24) is 19.1 Å². The van der Waals surface area contributed by atoms with Gasteiger partial charge in [0.05, 0.1) is 0 Å². The first-order valence-corrected chi connectivity index (χ1v) is 11.3. The maximum absolute atomic E-state index is 12.7. The van der Waals surface area contributed by atoms with E-state index in [2.05, 4.69) is 39.1 Å². The number of rotatable bonds is 6. The number of nitrogen functional groups attached to an aromatic ring is 1. The van der Waals surface area contributed by atoms with E-state index in [1.807, 2.05) is 18.2 Å². The van der Waals surface area contributed by atoms with Crippen LogP contribution in [0.3, 0.4) is 0 Å². The normalized spacial score (nSPS) is 14.8. The van der Waals surface area contributed by atoms with E-state index >= 15 is 0 Å². The summed E-state index contributed by atoms with van der Waals surface area (Å²) in [6.45, 7) is 3.34. The lowest BCUT2D eigenvalue weighted by atomic mass is 10.1. The molecule has 0 atom stereocenters. The van der Waals surface area contributed by atoms with Gasteiger partial charge in [-0.2, -0.15) is 0 Å². The van der Waals surface area contributed by atoms with Crippen molar-refractivity contribution in [2.24, 2.45) is 0 Å². The van der Waals surface area contributed by atoms with Crippen LogP contribution in [0, 0.1) is 3.57 Å². The fraction of sp³-hybridized carbons (Fsp3) is 0.476. The van der Waals surface area contributed by atoms with E-state index in [0.717, 1.165) is 46.5 Å². The molecule has 0 amide bonds. The van der Waals surface area contributed by atoms with E-state index in [1.54, 1.807) is 4.57 Å². The van der Waals surface area contributed by atoms with E-state index < -0.39 is 5.56 Å². The van der Waals surface area contributed by atoms with Crippen molar-refractivity contribution >= 4 is 39.4 Å². The number of nitrogens with two attached hydrogens (primary N) is 1. The molecule has 2 heterocycles. The molecule has 0 spiro atoms. The van der Waals surface area contributed by atoms with Gasteiger partial charge in [0, 0.05) is 28.3 Å². The molecule has 0 bridgehead atoms. The summed E-state index contributed by atoms with van der Waals surface area (Å²) >= 11 is 2.22. The monoisotopic (exact) mass is 507 g/mol. The number of benzene rings is 1. The molecule has 4 rings (SSSR count). The number of aromatic amines is 1. The van der Waals surface area contributed by atoms with Crippen LogP contribution in [0.25, 0.3) is 11.2 Å². The Balaban J connectivity index is 1.80. The van der Waals surface area contributed by atoms with Gasteiger partial charge in [-0.1, -0.05) is 25.8 Å². The Hall–Kier alpha value is -2.10. The second-order valence-electron chi connectivity index (χ2n) is 7.79. The Morgan fingerprint density at radius 2 is 1.97 bits per heavy atom. The first-order chi connectivity index (χ1) is 14.0. The molecule has 1 saturated carbocycles. The highest BCUT2D eigenvalue weighted by molar-refractivity contribution is 14.1. The number of imidazole rings is 1. The number of fused-ring (bicyclic) bond motifs is 1. The third kappa shape index (κ3) is 3.86. The third-order valence-corrected chi connectivity index (χ3v) is 6.70. The van der Waals surface area contributed by atoms with Crippen molar-refractivity contribution in [2.75, 3.05) is 5.73 Å². The lowest BCUT2D eigenvalue weighted by molar-refractivity contribution is 0.566. The van der Waals surface area contributed by atoms with Crippen LogP contribution in [-0.4, -0.2) is 19.1 Å². The highest BCUT2D eigenvalue weighted by Crippen LogP contribution is 2.34. The van der Waals surface area contributed by atoms with Crippen LogP contribution in [0.1, 0.15) is 56.3 Å². The topological polar surface area (TPSA) is 98.7 Å². The number of halogens is 1. The summed E-state index contributed by atoms with van der Waals surface area (Å²) in [6, 6.07) is 5.91. The van der Waals surface area contributed by atoms with Gasteiger partial charge in [-0.3, -0.25) is 14.3 Å². The number of H-pyrrole nitrogens is 1. The number of hydrogen-bond acceptors (Lipinski definition) is 4. The molecule has 7 nitrogen and oxygen atoms in total. The number of aromatic nitrogens is 4. The Kier molecular flexibility index (Phi) is 5.80. The molecule has 154 valence electrons. The predicted molar refractivity (Wildman–Crippen MR) is 123 cm³/mol. The minimum atomic E-state index is -0.391. The molecule has 0 radical (unpaired) electrons. The van der Waals surface area contributed by atoms with Crippen molar-refractivity contribution in [3.63, 3.8) is 0 Å². The number of hydrogen-bond donors (Lipinski definition) is 2. The average Bonchev–Trinajstić information content (AvgIpc) is 3.33. The smallest absolute Gasteiger partial charge is 0.330 e. The molecular formula is C21H26IN5O2. The summed E-state index contributed by atoms with van der Waals surface area (Å²) in [5.74, 6) is 1.34. The van der Waals surface area contributed by atoms with Gasteiger partial charge >= 0.3 is 5.69 Å². The van der Waals surface area contributed by atoms with Gasteiger partial charge in [-0.25, -0.2) is 9.78 Å². The van der Waals surface area contributed by atoms with Crippen molar-refractivity contribution in [1.29, 1.82) is 0 Å². The summed E-state index contributed by atoms with van der Waals surface area (Å²) in [4.78, 5) is 32.5. The minimum Gasteiger partial charge on any atom is -0.398 e. The standard InChI is InChI=1S/C21H26IN5O2/c1-2-10-26-18(14-5-3-4-6-14)24-17-19(28)25-21(29)27(20(17)26)11-9-13-7-8-16(23)15(22)12-13/h7-8,12,14H,2-6,9-11,23H2,1H3,(H,25,28,29). The molecule has 1 aromatic carbocycles. The van der Waals surface area contributed by atoms with Gasteiger partial charge < -0.3 is 10.3 Å². The molecule has 2 aromatic heterocycles. The molecule has 8 heteroatoms. The number of aryl methyl sites for hydroxylation is 3. The largest absolute Gasteiger partial charge is 0.398 e. The zero-order valence-electron chi connectivity index (χ0n) is 16.6. The van der Waals surface area contributed by atoms with Gasteiger partial charge in [-0.15, -0.1) is 0 Å². The Morgan fingerprint density at radius 1 is 1.21 bits per heavy atom. The first kappa shape index (κ1) is 20.2. The van der Waals surface area contributed by atoms with E-state index in [1.165, 1.54) is 12.8 Å². The second-order valence-corrected chi connectivity index (χ2v) is 8.95. The number of anilines is 1. The second kappa shape index (κ2) is 8.33. The van der Waals surface area contributed by atoms with Crippen molar-refractivity contribution < 1.29 is 0 Å². The van der Waals surface area contributed by atoms with Gasteiger partial charge in [0.15, 0.2) is 5.52 Å². The molecule has 3 N–H and O–H groups in total. The molecule has 0 aliphatic heterocycles. The third-order valence-electron chi connectivity index (χ3n) is 5.76. The van der Waals surface area contributed by atoms with Crippen molar-refractivity contribution in [3.8, 4) is 0 Å². The van der Waals surface area contributed by atoms with Crippen LogP contribution in [0.4, 0.5) is 5.69 Å². The molecule has 1 fully saturated rings. The quantitative estimate of drug-likeness (QED) is 0.395. The molecule has 1 aliphatic rings. The van der Waals surface area contributed by atoms with E-state index in [0.29, 0.717) is 30.0 Å². The van der Waals surface area contributed by atoms with Crippen LogP contribution < -0.4 is 17.0 Å². The maximum Gasteiger partial charge on any atom is 0.330 e. The Labute approximate surface area is 182 Å². The summed E-state index contributed by atoms with van der Waals surface area (Å²) in [5, 5.41) is 0. The predicted octanol–water partition coefficient (Wildman–Crippen LogP) is 3.38. The molecule has 0 unspecified atom stereocenters. The van der Waals surface area contributed by atoms with Crippen LogP contribution in [0.2, 0.25) is 0 Å². The maximum atomic E-state index is 12.7. The molecule has 3 aromatic rings. The van der Waals surface area contributed by atoms with Crippen molar-refractivity contribution in [3.05, 3.63) is 54.0 Å². The zero-order valence-corrected chi connectivity index (χ0v) is 18.7. The van der Waals surface area contributed by atoms with Crippen LogP contribution >= 0.6 is 22.6 Å². The Morgan fingerprint density at radius 3 is 2.66 bits per heavy atom. The fourth-order valence-corrected chi connectivity index (χ4v) is 4.90. The highest BCUT2D eigenvalue weighted by Gasteiger charge is 2.26.